The number of benzene rings is 1. The maximum absolute atomic E-state index is 12.6. The van der Waals surface area contributed by atoms with Crippen molar-refractivity contribution in [2.45, 2.75) is 56.5 Å². The van der Waals surface area contributed by atoms with Crippen LogP contribution in [0.4, 0.5) is 0 Å². The minimum Gasteiger partial charge on any atom is -0.349 e. The van der Waals surface area contributed by atoms with Gasteiger partial charge in [0.2, 0.25) is 0 Å². The first-order valence-electron chi connectivity index (χ1n) is 9.91. The van der Waals surface area contributed by atoms with Gasteiger partial charge in [0.05, 0.1) is 27.5 Å². The fraction of sp³-hybridized carbons (Fsp3) is 0.429. The summed E-state index contributed by atoms with van der Waals surface area (Å²) < 4.78 is 2.71. The van der Waals surface area contributed by atoms with Gasteiger partial charge in [-0.2, -0.15) is 5.10 Å². The first-order chi connectivity index (χ1) is 13.7. The van der Waals surface area contributed by atoms with Crippen LogP contribution in [0.1, 0.15) is 66.5 Å². The van der Waals surface area contributed by atoms with Crippen molar-refractivity contribution < 1.29 is 4.79 Å². The van der Waals surface area contributed by atoms with E-state index in [1.54, 1.807) is 27.6 Å². The Bertz CT molecular complexity index is 1080. The molecule has 2 fully saturated rings. The second-order valence-corrected chi connectivity index (χ2v) is 8.72. The molecule has 5 rings (SSSR count). The van der Waals surface area contributed by atoms with Gasteiger partial charge >= 0.3 is 0 Å². The second-order valence-electron chi connectivity index (χ2n) is 7.83. The third kappa shape index (κ3) is 3.46. The Balaban J connectivity index is 1.23. The van der Waals surface area contributed by atoms with Gasteiger partial charge in [-0.05, 0) is 62.8 Å². The minimum absolute atomic E-state index is 0.0188. The maximum Gasteiger partial charge on any atom is 0.267 e. The van der Waals surface area contributed by atoms with Gasteiger partial charge in [-0.1, -0.05) is 0 Å². The van der Waals surface area contributed by atoms with Crippen molar-refractivity contribution >= 4 is 27.5 Å². The molecule has 0 unspecified atom stereocenters. The molecule has 0 aliphatic heterocycles. The summed E-state index contributed by atoms with van der Waals surface area (Å²) in [5.41, 5.74) is 4.42. The van der Waals surface area contributed by atoms with Crippen molar-refractivity contribution in [2.75, 3.05) is 0 Å². The number of amides is 1. The van der Waals surface area contributed by atoms with Crippen molar-refractivity contribution in [2.24, 2.45) is 0 Å². The van der Waals surface area contributed by atoms with Crippen LogP contribution < -0.4 is 10.9 Å². The van der Waals surface area contributed by atoms with Gasteiger partial charge in [0.25, 0.3) is 11.5 Å². The molecule has 1 N–H and O–H groups in total. The number of nitrogens with one attached hydrogen (secondary N) is 1. The summed E-state index contributed by atoms with van der Waals surface area (Å²) >= 11 is 1.54. The Labute approximate surface area is 166 Å². The molecule has 2 saturated carbocycles. The Hall–Kier alpha value is -2.54. The molecule has 2 heterocycles. The van der Waals surface area contributed by atoms with Crippen molar-refractivity contribution in [1.82, 2.24) is 20.1 Å². The van der Waals surface area contributed by atoms with E-state index in [-0.39, 0.29) is 23.6 Å². The number of carbonyl (C=O) groups excluding carboxylic acids is 1. The van der Waals surface area contributed by atoms with Crippen LogP contribution in [0.25, 0.3) is 10.2 Å². The van der Waals surface area contributed by atoms with E-state index in [1.165, 1.54) is 12.8 Å². The summed E-state index contributed by atoms with van der Waals surface area (Å²) in [5.74, 6) is 0.503. The van der Waals surface area contributed by atoms with Gasteiger partial charge in [-0.3, -0.25) is 9.59 Å². The fourth-order valence-corrected chi connectivity index (χ4v) is 4.74. The summed E-state index contributed by atoms with van der Waals surface area (Å²) in [6.07, 6.45) is 5.80. The van der Waals surface area contributed by atoms with Crippen LogP contribution in [0.2, 0.25) is 0 Å². The normalized spacial score (nSPS) is 22.3. The van der Waals surface area contributed by atoms with Crippen LogP contribution in [0.3, 0.4) is 0 Å². The van der Waals surface area contributed by atoms with Crippen molar-refractivity contribution in [3.63, 3.8) is 0 Å². The lowest BCUT2D eigenvalue weighted by atomic mass is 9.91. The Morgan fingerprint density at radius 3 is 2.68 bits per heavy atom. The third-order valence-electron chi connectivity index (χ3n) is 5.81. The van der Waals surface area contributed by atoms with E-state index in [9.17, 15) is 9.59 Å². The summed E-state index contributed by atoms with van der Waals surface area (Å²) in [4.78, 5) is 29.1. The molecule has 0 atom stereocenters. The van der Waals surface area contributed by atoms with E-state index in [0.717, 1.165) is 41.6 Å². The van der Waals surface area contributed by atoms with Crippen LogP contribution in [0, 0.1) is 0 Å². The molecule has 3 aromatic rings. The zero-order valence-corrected chi connectivity index (χ0v) is 16.3. The molecule has 28 heavy (non-hydrogen) atoms. The van der Waals surface area contributed by atoms with E-state index < -0.39 is 0 Å². The van der Waals surface area contributed by atoms with Gasteiger partial charge in [-0.15, -0.1) is 11.3 Å². The predicted molar refractivity (Wildman–Crippen MR) is 109 cm³/mol. The SMILES string of the molecule is O=C(NC1CCC(n2nc(C3CC3)ccc2=O)CC1)c1ccc2ncsc2c1. The van der Waals surface area contributed by atoms with Gasteiger partial charge in [0, 0.05) is 23.6 Å². The van der Waals surface area contributed by atoms with Gasteiger partial charge in [0.1, 0.15) is 0 Å². The molecule has 1 amide bonds. The quantitative estimate of drug-likeness (QED) is 0.733. The lowest BCUT2D eigenvalue weighted by Crippen LogP contribution is -2.39. The highest BCUT2D eigenvalue weighted by atomic mass is 32.1. The number of carbonyl (C=O) groups is 1. The molecule has 2 aliphatic carbocycles. The van der Waals surface area contributed by atoms with Crippen LogP contribution >= 0.6 is 11.3 Å². The van der Waals surface area contributed by atoms with Crippen LogP contribution in [-0.2, 0) is 0 Å². The number of aromatic nitrogens is 3. The van der Waals surface area contributed by atoms with Crippen molar-refractivity contribution in [3.8, 4) is 0 Å². The zero-order valence-electron chi connectivity index (χ0n) is 15.5. The summed E-state index contributed by atoms with van der Waals surface area (Å²) in [7, 11) is 0. The molecule has 6 nitrogen and oxygen atoms in total. The third-order valence-corrected chi connectivity index (χ3v) is 6.60. The highest BCUT2D eigenvalue weighted by Crippen LogP contribution is 2.38. The highest BCUT2D eigenvalue weighted by Gasteiger charge is 2.28. The Morgan fingerprint density at radius 1 is 1.07 bits per heavy atom. The van der Waals surface area contributed by atoms with Gasteiger partial charge < -0.3 is 5.32 Å². The molecule has 2 aromatic heterocycles. The maximum atomic E-state index is 12.6. The molecule has 0 saturated heterocycles. The van der Waals surface area contributed by atoms with E-state index in [1.807, 2.05) is 24.3 Å². The number of hydrogen-bond donors (Lipinski definition) is 1. The van der Waals surface area contributed by atoms with Crippen LogP contribution in [0.15, 0.2) is 40.6 Å². The fourth-order valence-electron chi connectivity index (χ4n) is 4.03. The summed E-state index contributed by atoms with van der Waals surface area (Å²) in [6, 6.07) is 9.43. The van der Waals surface area contributed by atoms with Crippen molar-refractivity contribution in [1.29, 1.82) is 0 Å². The smallest absolute Gasteiger partial charge is 0.267 e. The standard InChI is InChI=1S/C21H22N4O2S/c26-20-10-9-17(13-1-2-13)24-25(20)16-6-4-15(5-7-16)23-21(27)14-3-8-18-19(11-14)28-12-22-18/h3,8-13,15-16H,1-2,4-7H2,(H,23,27). The highest BCUT2D eigenvalue weighted by molar-refractivity contribution is 7.16. The predicted octanol–water partition coefficient (Wildman–Crippen LogP) is 3.64. The van der Waals surface area contributed by atoms with E-state index in [4.69, 9.17) is 0 Å². The Kier molecular flexibility index (Phi) is 4.47. The van der Waals surface area contributed by atoms with Gasteiger partial charge in [-0.25, -0.2) is 9.67 Å². The first-order valence-corrected chi connectivity index (χ1v) is 10.8. The van der Waals surface area contributed by atoms with E-state index in [2.05, 4.69) is 15.4 Å². The topological polar surface area (TPSA) is 76.9 Å². The van der Waals surface area contributed by atoms with Crippen LogP contribution in [-0.4, -0.2) is 26.7 Å². The molecule has 0 bridgehead atoms. The number of rotatable bonds is 4. The molecule has 0 radical (unpaired) electrons. The lowest BCUT2D eigenvalue weighted by Gasteiger charge is -2.29. The number of thiazole rings is 1. The lowest BCUT2D eigenvalue weighted by molar-refractivity contribution is 0.0921. The van der Waals surface area contributed by atoms with E-state index in [0.29, 0.717) is 11.5 Å². The molecular weight excluding hydrogens is 372 g/mol. The molecule has 144 valence electrons. The number of hydrogen-bond acceptors (Lipinski definition) is 5. The molecule has 7 heteroatoms. The Morgan fingerprint density at radius 2 is 1.89 bits per heavy atom. The van der Waals surface area contributed by atoms with E-state index >= 15 is 0 Å². The molecule has 0 spiro atoms. The second kappa shape index (κ2) is 7.13. The average Bonchev–Trinajstić information content (AvgIpc) is 3.46. The summed E-state index contributed by atoms with van der Waals surface area (Å²) in [5, 5.41) is 7.78. The van der Waals surface area contributed by atoms with Crippen molar-refractivity contribution in [3.05, 3.63) is 57.5 Å². The molecule has 1 aromatic carbocycles. The van der Waals surface area contributed by atoms with Crippen LogP contribution in [0.5, 0.6) is 0 Å². The summed E-state index contributed by atoms with van der Waals surface area (Å²) in [6.45, 7) is 0. The number of fused-ring (bicyclic) bond motifs is 1. The monoisotopic (exact) mass is 394 g/mol. The minimum atomic E-state index is -0.0372. The largest absolute Gasteiger partial charge is 0.349 e. The molecular formula is C21H22N4O2S. The van der Waals surface area contributed by atoms with Gasteiger partial charge in [0.15, 0.2) is 0 Å². The first kappa shape index (κ1) is 17.6. The molecule has 2 aliphatic rings. The average molecular weight is 395 g/mol. The zero-order chi connectivity index (χ0) is 19.1. The number of nitrogens with zero attached hydrogens (tertiary/aromatic N) is 3.